The summed E-state index contributed by atoms with van der Waals surface area (Å²) < 4.78 is 11.1. The van der Waals surface area contributed by atoms with Crippen molar-refractivity contribution in [3.63, 3.8) is 0 Å². The second kappa shape index (κ2) is 6.99. The van der Waals surface area contributed by atoms with Crippen molar-refractivity contribution in [3.05, 3.63) is 12.2 Å². The Labute approximate surface area is 92.8 Å². The van der Waals surface area contributed by atoms with E-state index in [1.807, 2.05) is 0 Å². The number of hydrogen-bond donors (Lipinski definition) is 1. The first-order valence-electron chi connectivity index (χ1n) is 5.81. The minimum atomic E-state index is 0.207. The number of rotatable bonds is 6. The number of likely N-dealkylation sites (N-methyl/N-ethyl adjacent to an activating group) is 1. The maximum atomic E-state index is 5.71. The van der Waals surface area contributed by atoms with Gasteiger partial charge in [0.2, 0.25) is 0 Å². The van der Waals surface area contributed by atoms with Gasteiger partial charge in [-0.1, -0.05) is 12.5 Å². The molecule has 0 saturated carbocycles. The summed E-state index contributed by atoms with van der Waals surface area (Å²) in [7, 11) is 0. The molecule has 1 aliphatic heterocycles. The molecular weight excluding hydrogens is 190 g/mol. The molecule has 2 unspecified atom stereocenters. The Bertz CT molecular complexity index is 188. The predicted molar refractivity (Wildman–Crippen MR) is 62.1 cm³/mol. The maximum absolute atomic E-state index is 5.71. The SMILES string of the molecule is C=C(C)CCC(NCC)C1COCCO1. The average molecular weight is 213 g/mol. The molecule has 3 nitrogen and oxygen atoms in total. The van der Waals surface area contributed by atoms with Gasteiger partial charge in [-0.3, -0.25) is 0 Å². The van der Waals surface area contributed by atoms with Crippen LogP contribution >= 0.6 is 0 Å². The molecule has 2 atom stereocenters. The molecule has 0 aromatic heterocycles. The predicted octanol–water partition coefficient (Wildman–Crippen LogP) is 1.74. The lowest BCUT2D eigenvalue weighted by Gasteiger charge is -2.31. The Hall–Kier alpha value is -0.380. The smallest absolute Gasteiger partial charge is 0.0962 e. The van der Waals surface area contributed by atoms with Crippen LogP contribution in [0.15, 0.2) is 12.2 Å². The van der Waals surface area contributed by atoms with Gasteiger partial charge in [0, 0.05) is 6.04 Å². The number of ether oxygens (including phenoxy) is 2. The van der Waals surface area contributed by atoms with Gasteiger partial charge in [0.1, 0.15) is 0 Å². The van der Waals surface area contributed by atoms with Crippen molar-refractivity contribution >= 4 is 0 Å². The molecule has 0 aromatic rings. The number of hydrogen-bond acceptors (Lipinski definition) is 3. The van der Waals surface area contributed by atoms with E-state index >= 15 is 0 Å². The van der Waals surface area contributed by atoms with E-state index in [9.17, 15) is 0 Å². The first-order valence-corrected chi connectivity index (χ1v) is 5.81. The molecule has 1 aliphatic rings. The number of nitrogens with one attached hydrogen (secondary N) is 1. The van der Waals surface area contributed by atoms with Gasteiger partial charge in [0.05, 0.1) is 25.9 Å². The average Bonchev–Trinajstić information content (AvgIpc) is 2.25. The fourth-order valence-corrected chi connectivity index (χ4v) is 1.82. The van der Waals surface area contributed by atoms with Gasteiger partial charge in [-0.2, -0.15) is 0 Å². The molecule has 1 fully saturated rings. The topological polar surface area (TPSA) is 30.5 Å². The molecular formula is C12H23NO2. The van der Waals surface area contributed by atoms with Crippen LogP contribution in [0.4, 0.5) is 0 Å². The van der Waals surface area contributed by atoms with E-state index in [0.717, 1.165) is 32.6 Å². The zero-order valence-corrected chi connectivity index (χ0v) is 9.92. The minimum absolute atomic E-state index is 0.207. The lowest BCUT2D eigenvalue weighted by atomic mass is 10.0. The molecule has 0 bridgehead atoms. The summed E-state index contributed by atoms with van der Waals surface area (Å²) in [4.78, 5) is 0. The third-order valence-electron chi connectivity index (χ3n) is 2.64. The highest BCUT2D eigenvalue weighted by Gasteiger charge is 2.23. The van der Waals surface area contributed by atoms with Gasteiger partial charge >= 0.3 is 0 Å². The van der Waals surface area contributed by atoms with E-state index < -0.39 is 0 Å². The third kappa shape index (κ3) is 4.78. The molecule has 1 rings (SSSR count). The van der Waals surface area contributed by atoms with Crippen LogP contribution in [0.5, 0.6) is 0 Å². The fraction of sp³-hybridized carbons (Fsp3) is 0.833. The summed E-state index contributed by atoms with van der Waals surface area (Å²) in [6.45, 7) is 11.3. The zero-order valence-electron chi connectivity index (χ0n) is 9.92. The van der Waals surface area contributed by atoms with Crippen molar-refractivity contribution in [1.82, 2.24) is 5.32 Å². The molecule has 0 spiro atoms. The second-order valence-electron chi connectivity index (χ2n) is 4.14. The lowest BCUT2D eigenvalue weighted by Crippen LogP contribution is -2.46. The van der Waals surface area contributed by atoms with Crippen molar-refractivity contribution in [3.8, 4) is 0 Å². The van der Waals surface area contributed by atoms with Crippen molar-refractivity contribution < 1.29 is 9.47 Å². The van der Waals surface area contributed by atoms with E-state index in [1.165, 1.54) is 5.57 Å². The van der Waals surface area contributed by atoms with E-state index in [2.05, 4.69) is 25.7 Å². The lowest BCUT2D eigenvalue weighted by molar-refractivity contribution is -0.102. The van der Waals surface area contributed by atoms with Crippen molar-refractivity contribution in [1.29, 1.82) is 0 Å². The van der Waals surface area contributed by atoms with Gasteiger partial charge < -0.3 is 14.8 Å². The Kier molecular flexibility index (Phi) is 5.91. The first-order chi connectivity index (χ1) is 7.24. The van der Waals surface area contributed by atoms with E-state index in [-0.39, 0.29) is 6.10 Å². The van der Waals surface area contributed by atoms with E-state index in [1.54, 1.807) is 0 Å². The minimum Gasteiger partial charge on any atom is -0.376 e. The summed E-state index contributed by atoms with van der Waals surface area (Å²) in [5, 5.41) is 3.46. The molecule has 1 heterocycles. The summed E-state index contributed by atoms with van der Waals surface area (Å²) >= 11 is 0. The van der Waals surface area contributed by atoms with Crippen LogP contribution in [-0.4, -0.2) is 38.5 Å². The van der Waals surface area contributed by atoms with Gasteiger partial charge in [-0.05, 0) is 26.3 Å². The molecule has 0 aliphatic carbocycles. The van der Waals surface area contributed by atoms with Gasteiger partial charge in [-0.15, -0.1) is 6.58 Å². The van der Waals surface area contributed by atoms with E-state index in [4.69, 9.17) is 9.47 Å². The molecule has 15 heavy (non-hydrogen) atoms. The Balaban J connectivity index is 2.36. The maximum Gasteiger partial charge on any atom is 0.0962 e. The molecule has 1 saturated heterocycles. The van der Waals surface area contributed by atoms with Crippen molar-refractivity contribution in [2.24, 2.45) is 0 Å². The molecule has 0 radical (unpaired) electrons. The Morgan fingerprint density at radius 1 is 1.53 bits per heavy atom. The van der Waals surface area contributed by atoms with Gasteiger partial charge in [0.15, 0.2) is 0 Å². The zero-order chi connectivity index (χ0) is 11.1. The second-order valence-corrected chi connectivity index (χ2v) is 4.14. The highest BCUT2D eigenvalue weighted by molar-refractivity contribution is 4.91. The molecule has 88 valence electrons. The van der Waals surface area contributed by atoms with Gasteiger partial charge in [-0.25, -0.2) is 0 Å². The number of allylic oxidation sites excluding steroid dienone is 1. The largest absolute Gasteiger partial charge is 0.376 e. The molecule has 0 amide bonds. The summed E-state index contributed by atoms with van der Waals surface area (Å²) in [5.74, 6) is 0. The van der Waals surface area contributed by atoms with E-state index in [0.29, 0.717) is 12.6 Å². The van der Waals surface area contributed by atoms with Crippen LogP contribution in [-0.2, 0) is 9.47 Å². The highest BCUT2D eigenvalue weighted by atomic mass is 16.6. The quantitative estimate of drug-likeness (QED) is 0.682. The normalized spacial score (nSPS) is 23.7. The van der Waals surface area contributed by atoms with Crippen LogP contribution in [0.1, 0.15) is 26.7 Å². The Morgan fingerprint density at radius 3 is 2.87 bits per heavy atom. The third-order valence-corrected chi connectivity index (χ3v) is 2.64. The summed E-state index contributed by atoms with van der Waals surface area (Å²) in [6.07, 6.45) is 2.34. The van der Waals surface area contributed by atoms with Crippen LogP contribution < -0.4 is 5.32 Å². The molecule has 0 aromatic carbocycles. The fourth-order valence-electron chi connectivity index (χ4n) is 1.82. The standard InChI is InChI=1S/C12H23NO2/c1-4-13-11(6-5-10(2)3)12-9-14-7-8-15-12/h11-13H,2,4-9H2,1,3H3. The van der Waals surface area contributed by atoms with Crippen LogP contribution in [0.3, 0.4) is 0 Å². The Morgan fingerprint density at radius 2 is 2.33 bits per heavy atom. The molecule has 1 N–H and O–H groups in total. The van der Waals surface area contributed by atoms with Crippen molar-refractivity contribution in [2.75, 3.05) is 26.4 Å². The van der Waals surface area contributed by atoms with Gasteiger partial charge in [0.25, 0.3) is 0 Å². The first kappa shape index (κ1) is 12.7. The highest BCUT2D eigenvalue weighted by Crippen LogP contribution is 2.13. The van der Waals surface area contributed by atoms with Crippen LogP contribution in [0.25, 0.3) is 0 Å². The summed E-state index contributed by atoms with van der Waals surface area (Å²) in [6, 6.07) is 0.395. The monoisotopic (exact) mass is 213 g/mol. The molecule has 3 heteroatoms. The van der Waals surface area contributed by atoms with Crippen LogP contribution in [0.2, 0.25) is 0 Å². The van der Waals surface area contributed by atoms with Crippen molar-refractivity contribution in [2.45, 2.75) is 38.8 Å². The summed E-state index contributed by atoms with van der Waals surface area (Å²) in [5.41, 5.74) is 1.23. The van der Waals surface area contributed by atoms with Crippen LogP contribution in [0, 0.1) is 0 Å².